The molecule has 10 heavy (non-hydrogen) atoms. The van der Waals surface area contributed by atoms with Crippen LogP contribution in [-0.4, -0.2) is 24.8 Å². The summed E-state index contributed by atoms with van der Waals surface area (Å²) in [5, 5.41) is 0. The van der Waals surface area contributed by atoms with E-state index in [1.807, 2.05) is 0 Å². The fraction of sp³-hybridized carbons (Fsp3) is 0.857. The molecule has 1 atom stereocenters. The molecule has 3 nitrogen and oxygen atoms in total. The Morgan fingerprint density at radius 2 is 2.30 bits per heavy atom. The van der Waals surface area contributed by atoms with Gasteiger partial charge in [-0.2, -0.15) is 0 Å². The second-order valence-corrected chi connectivity index (χ2v) is 2.92. The van der Waals surface area contributed by atoms with Gasteiger partial charge in [-0.25, -0.2) is 0 Å². The van der Waals surface area contributed by atoms with Gasteiger partial charge in [-0.05, 0) is 13.8 Å². The van der Waals surface area contributed by atoms with Crippen molar-refractivity contribution < 1.29 is 14.3 Å². The average molecular weight is 144 g/mol. The Morgan fingerprint density at radius 3 is 2.50 bits per heavy atom. The van der Waals surface area contributed by atoms with Crippen molar-refractivity contribution >= 4 is 5.78 Å². The summed E-state index contributed by atoms with van der Waals surface area (Å²) < 4.78 is 10.1. The standard InChI is InChI=1S/C7H12O3/c1-7(2)5(8)4-6(9-3)10-7/h6H,4H2,1-3H3. The lowest BCUT2D eigenvalue weighted by Crippen LogP contribution is -2.27. The van der Waals surface area contributed by atoms with Crippen LogP contribution in [0.4, 0.5) is 0 Å². The lowest BCUT2D eigenvalue weighted by atomic mass is 10.0. The van der Waals surface area contributed by atoms with Gasteiger partial charge in [0.1, 0.15) is 5.60 Å². The minimum absolute atomic E-state index is 0.111. The van der Waals surface area contributed by atoms with Crippen LogP contribution in [0.1, 0.15) is 20.3 Å². The summed E-state index contributed by atoms with van der Waals surface area (Å²) in [6.07, 6.45) is 0.0475. The Hall–Kier alpha value is -0.410. The summed E-state index contributed by atoms with van der Waals surface area (Å²) in [5.74, 6) is 0.111. The fourth-order valence-corrected chi connectivity index (χ4v) is 0.965. The molecular formula is C7H12O3. The third kappa shape index (κ3) is 1.20. The molecule has 0 spiro atoms. The van der Waals surface area contributed by atoms with Crippen LogP contribution in [0.2, 0.25) is 0 Å². The van der Waals surface area contributed by atoms with E-state index in [0.717, 1.165) is 0 Å². The van der Waals surface area contributed by atoms with Crippen LogP contribution in [0.3, 0.4) is 0 Å². The highest BCUT2D eigenvalue weighted by Gasteiger charge is 2.40. The Kier molecular flexibility index (Phi) is 1.79. The molecule has 1 unspecified atom stereocenters. The molecule has 1 saturated heterocycles. The molecule has 0 saturated carbocycles. The predicted octanol–water partition coefficient (Wildman–Crippen LogP) is 0.727. The number of rotatable bonds is 1. The Labute approximate surface area is 60.3 Å². The second kappa shape index (κ2) is 2.32. The molecule has 1 aliphatic rings. The van der Waals surface area contributed by atoms with Crippen LogP contribution in [0.25, 0.3) is 0 Å². The van der Waals surface area contributed by atoms with Gasteiger partial charge in [0.25, 0.3) is 0 Å². The molecule has 1 aliphatic heterocycles. The van der Waals surface area contributed by atoms with Crippen molar-refractivity contribution in [1.29, 1.82) is 0 Å². The molecule has 0 radical (unpaired) electrons. The van der Waals surface area contributed by atoms with Gasteiger partial charge in [0, 0.05) is 7.11 Å². The smallest absolute Gasteiger partial charge is 0.169 e. The van der Waals surface area contributed by atoms with Crippen molar-refractivity contribution in [1.82, 2.24) is 0 Å². The van der Waals surface area contributed by atoms with Gasteiger partial charge in [-0.15, -0.1) is 0 Å². The molecule has 1 rings (SSSR count). The molecule has 3 heteroatoms. The highest BCUT2D eigenvalue weighted by atomic mass is 16.7. The maximum absolute atomic E-state index is 11.1. The van der Waals surface area contributed by atoms with E-state index >= 15 is 0 Å². The third-order valence-corrected chi connectivity index (χ3v) is 1.71. The zero-order chi connectivity index (χ0) is 7.78. The van der Waals surface area contributed by atoms with E-state index in [2.05, 4.69) is 0 Å². The first kappa shape index (κ1) is 7.69. The molecule has 0 aromatic carbocycles. The SMILES string of the molecule is COC1CC(=O)C(C)(C)O1. The number of ether oxygens (including phenoxy) is 2. The topological polar surface area (TPSA) is 35.5 Å². The number of hydrogen-bond donors (Lipinski definition) is 0. The van der Waals surface area contributed by atoms with E-state index in [9.17, 15) is 4.79 Å². The number of hydrogen-bond acceptors (Lipinski definition) is 3. The van der Waals surface area contributed by atoms with E-state index < -0.39 is 5.60 Å². The van der Waals surface area contributed by atoms with Gasteiger partial charge in [0.2, 0.25) is 0 Å². The summed E-state index contributed by atoms with van der Waals surface area (Å²) in [5.41, 5.74) is -0.638. The van der Waals surface area contributed by atoms with Crippen LogP contribution in [0.5, 0.6) is 0 Å². The van der Waals surface area contributed by atoms with Gasteiger partial charge < -0.3 is 9.47 Å². The second-order valence-electron chi connectivity index (χ2n) is 2.92. The van der Waals surface area contributed by atoms with Crippen LogP contribution in [0, 0.1) is 0 Å². The Balaban J connectivity index is 2.62. The lowest BCUT2D eigenvalue weighted by molar-refractivity contribution is -0.151. The summed E-state index contributed by atoms with van der Waals surface area (Å²) in [4.78, 5) is 11.1. The van der Waals surface area contributed by atoms with Gasteiger partial charge in [-0.3, -0.25) is 4.79 Å². The van der Waals surface area contributed by atoms with Crippen molar-refractivity contribution in [2.24, 2.45) is 0 Å². The number of methoxy groups -OCH3 is 1. The van der Waals surface area contributed by atoms with Crippen molar-refractivity contribution in [2.45, 2.75) is 32.2 Å². The molecular weight excluding hydrogens is 132 g/mol. The minimum Gasteiger partial charge on any atom is -0.355 e. The first-order valence-electron chi connectivity index (χ1n) is 3.30. The maximum Gasteiger partial charge on any atom is 0.169 e. The van der Waals surface area contributed by atoms with E-state index in [4.69, 9.17) is 9.47 Å². The van der Waals surface area contributed by atoms with Gasteiger partial charge in [0.05, 0.1) is 6.42 Å². The zero-order valence-electron chi connectivity index (χ0n) is 6.51. The van der Waals surface area contributed by atoms with Crippen LogP contribution >= 0.6 is 0 Å². The van der Waals surface area contributed by atoms with Crippen LogP contribution in [-0.2, 0) is 14.3 Å². The molecule has 58 valence electrons. The Bertz CT molecular complexity index is 151. The van der Waals surface area contributed by atoms with Gasteiger partial charge in [-0.1, -0.05) is 0 Å². The molecule has 0 aromatic heterocycles. The summed E-state index contributed by atoms with van der Waals surface area (Å²) in [7, 11) is 1.54. The first-order chi connectivity index (χ1) is 4.56. The van der Waals surface area contributed by atoms with Crippen molar-refractivity contribution in [2.75, 3.05) is 7.11 Å². The van der Waals surface area contributed by atoms with E-state index in [-0.39, 0.29) is 12.1 Å². The van der Waals surface area contributed by atoms with E-state index in [0.29, 0.717) is 6.42 Å². The van der Waals surface area contributed by atoms with Crippen molar-refractivity contribution in [3.05, 3.63) is 0 Å². The van der Waals surface area contributed by atoms with Crippen LogP contribution < -0.4 is 0 Å². The number of Topliss-reactive ketones (excluding diaryl/α,β-unsaturated/α-hetero) is 1. The average Bonchev–Trinajstić information content (AvgIpc) is 2.08. The number of ketones is 1. The molecule has 1 heterocycles. The van der Waals surface area contributed by atoms with E-state index in [1.165, 1.54) is 0 Å². The van der Waals surface area contributed by atoms with Crippen molar-refractivity contribution in [3.63, 3.8) is 0 Å². The summed E-state index contributed by atoms with van der Waals surface area (Å²) in [6, 6.07) is 0. The highest BCUT2D eigenvalue weighted by molar-refractivity contribution is 5.88. The monoisotopic (exact) mass is 144 g/mol. The summed E-state index contributed by atoms with van der Waals surface area (Å²) in [6.45, 7) is 3.52. The largest absolute Gasteiger partial charge is 0.355 e. The van der Waals surface area contributed by atoms with Gasteiger partial charge in [0.15, 0.2) is 12.1 Å². The maximum atomic E-state index is 11.1. The number of carbonyl (C=O) groups is 1. The highest BCUT2D eigenvalue weighted by Crippen LogP contribution is 2.25. The van der Waals surface area contributed by atoms with Gasteiger partial charge >= 0.3 is 0 Å². The molecule has 0 bridgehead atoms. The van der Waals surface area contributed by atoms with Crippen molar-refractivity contribution in [3.8, 4) is 0 Å². The zero-order valence-corrected chi connectivity index (χ0v) is 6.51. The van der Waals surface area contributed by atoms with Crippen LogP contribution in [0.15, 0.2) is 0 Å². The molecule has 1 fully saturated rings. The number of carbonyl (C=O) groups excluding carboxylic acids is 1. The predicted molar refractivity (Wildman–Crippen MR) is 35.6 cm³/mol. The van der Waals surface area contributed by atoms with E-state index in [1.54, 1.807) is 21.0 Å². The third-order valence-electron chi connectivity index (χ3n) is 1.71. The molecule has 0 amide bonds. The molecule has 0 aromatic rings. The normalized spacial score (nSPS) is 31.1. The summed E-state index contributed by atoms with van der Waals surface area (Å²) >= 11 is 0. The molecule has 0 N–H and O–H groups in total. The lowest BCUT2D eigenvalue weighted by Gasteiger charge is -2.15. The first-order valence-corrected chi connectivity index (χ1v) is 3.30. The molecule has 0 aliphatic carbocycles. The quantitative estimate of drug-likeness (QED) is 0.544. The minimum atomic E-state index is -0.638. The Morgan fingerprint density at radius 1 is 1.70 bits per heavy atom. The fourth-order valence-electron chi connectivity index (χ4n) is 0.965.